The van der Waals surface area contributed by atoms with Crippen LogP contribution in [-0.4, -0.2) is 42.8 Å². The third-order valence-electron chi connectivity index (χ3n) is 4.77. The van der Waals surface area contributed by atoms with Crippen LogP contribution < -0.4 is 16.0 Å². The zero-order valence-electron chi connectivity index (χ0n) is 17.9. The van der Waals surface area contributed by atoms with Crippen molar-refractivity contribution in [3.8, 4) is 0 Å². The zero-order valence-corrected chi connectivity index (χ0v) is 18.7. The highest BCUT2D eigenvalue weighted by molar-refractivity contribution is 7.07. The second-order valence-electron chi connectivity index (χ2n) is 8.52. The van der Waals surface area contributed by atoms with E-state index < -0.39 is 5.60 Å². The summed E-state index contributed by atoms with van der Waals surface area (Å²) in [4.78, 5) is 16.7. The van der Waals surface area contributed by atoms with E-state index in [2.05, 4.69) is 46.6 Å². The highest BCUT2D eigenvalue weighted by Crippen LogP contribution is 2.20. The second-order valence-corrected chi connectivity index (χ2v) is 9.30. The SMILES string of the molecule is CCNC(=NCC(C)c1ccsc1)NC1CCC(NC(=O)OC(C)(C)C)CC1. The quantitative estimate of drug-likeness (QED) is 0.486. The van der Waals surface area contributed by atoms with Gasteiger partial charge in [-0.05, 0) is 75.8 Å². The maximum atomic E-state index is 11.9. The van der Waals surface area contributed by atoms with Gasteiger partial charge in [-0.2, -0.15) is 11.3 Å². The number of aliphatic imine (C=N–C) groups is 1. The normalized spacial score (nSPS) is 21.7. The van der Waals surface area contributed by atoms with E-state index in [0.29, 0.717) is 12.0 Å². The van der Waals surface area contributed by atoms with Crippen LogP contribution in [0.15, 0.2) is 21.8 Å². The molecule has 3 N–H and O–H groups in total. The number of ether oxygens (including phenoxy) is 1. The molecular weight excluding hydrogens is 372 g/mol. The van der Waals surface area contributed by atoms with Gasteiger partial charge >= 0.3 is 6.09 Å². The summed E-state index contributed by atoms with van der Waals surface area (Å²) in [5, 5.41) is 14.2. The predicted octanol–water partition coefficient (Wildman–Crippen LogP) is 4.24. The number of guanidine groups is 1. The Bertz CT molecular complexity index is 617. The van der Waals surface area contributed by atoms with E-state index in [1.807, 2.05) is 20.8 Å². The van der Waals surface area contributed by atoms with Gasteiger partial charge < -0.3 is 20.7 Å². The average Bonchev–Trinajstić information content (AvgIpc) is 3.14. The molecule has 0 aliphatic heterocycles. The number of carbonyl (C=O) groups is 1. The lowest BCUT2D eigenvalue weighted by atomic mass is 9.91. The molecule has 1 aromatic heterocycles. The van der Waals surface area contributed by atoms with E-state index in [0.717, 1.165) is 44.7 Å². The first-order valence-corrected chi connectivity index (χ1v) is 11.3. The van der Waals surface area contributed by atoms with Gasteiger partial charge in [-0.3, -0.25) is 4.99 Å². The predicted molar refractivity (Wildman–Crippen MR) is 117 cm³/mol. The molecule has 1 unspecified atom stereocenters. The third kappa shape index (κ3) is 8.09. The zero-order chi connectivity index (χ0) is 20.6. The standard InChI is InChI=1S/C21H36N4O2S/c1-6-22-19(23-13-15(2)16-11-12-28-14-16)24-17-7-9-18(10-8-17)25-20(26)27-21(3,4)5/h11-12,14-15,17-18H,6-10,13H2,1-5H3,(H,25,26)(H2,22,23,24). The maximum Gasteiger partial charge on any atom is 0.407 e. The molecule has 158 valence electrons. The minimum absolute atomic E-state index is 0.186. The van der Waals surface area contributed by atoms with Crippen molar-refractivity contribution >= 4 is 23.4 Å². The van der Waals surface area contributed by atoms with Crippen molar-refractivity contribution in [3.63, 3.8) is 0 Å². The molecule has 0 bridgehead atoms. The number of rotatable bonds is 6. The Labute approximate surface area is 173 Å². The molecule has 1 aliphatic carbocycles. The molecule has 1 fully saturated rings. The number of nitrogens with zero attached hydrogens (tertiary/aromatic N) is 1. The number of hydrogen-bond acceptors (Lipinski definition) is 4. The van der Waals surface area contributed by atoms with Crippen molar-refractivity contribution in [1.29, 1.82) is 0 Å². The van der Waals surface area contributed by atoms with Crippen molar-refractivity contribution in [2.45, 2.75) is 83.9 Å². The van der Waals surface area contributed by atoms with Crippen LogP contribution >= 0.6 is 11.3 Å². The van der Waals surface area contributed by atoms with Crippen molar-refractivity contribution < 1.29 is 9.53 Å². The van der Waals surface area contributed by atoms with Crippen LogP contribution in [0.4, 0.5) is 4.79 Å². The number of nitrogens with one attached hydrogen (secondary N) is 3. The average molecular weight is 409 g/mol. The smallest absolute Gasteiger partial charge is 0.407 e. The molecule has 1 aromatic rings. The monoisotopic (exact) mass is 408 g/mol. The van der Waals surface area contributed by atoms with E-state index >= 15 is 0 Å². The Hall–Kier alpha value is -1.76. The van der Waals surface area contributed by atoms with Gasteiger partial charge in [0.2, 0.25) is 0 Å². The Balaban J connectivity index is 1.78. The van der Waals surface area contributed by atoms with Gasteiger partial charge in [0, 0.05) is 31.1 Å². The van der Waals surface area contributed by atoms with Crippen LogP contribution in [0.2, 0.25) is 0 Å². The Morgan fingerprint density at radius 1 is 1.25 bits per heavy atom. The summed E-state index contributed by atoms with van der Waals surface area (Å²) in [6, 6.07) is 2.74. The Morgan fingerprint density at radius 3 is 2.43 bits per heavy atom. The largest absolute Gasteiger partial charge is 0.444 e. The van der Waals surface area contributed by atoms with E-state index in [4.69, 9.17) is 9.73 Å². The molecule has 28 heavy (non-hydrogen) atoms. The van der Waals surface area contributed by atoms with Crippen LogP contribution in [0.1, 0.15) is 71.8 Å². The van der Waals surface area contributed by atoms with E-state index in [1.165, 1.54) is 5.56 Å². The number of amides is 1. The minimum Gasteiger partial charge on any atom is -0.444 e. The first-order valence-electron chi connectivity index (χ1n) is 10.3. The fraction of sp³-hybridized carbons (Fsp3) is 0.714. The summed E-state index contributed by atoms with van der Waals surface area (Å²) < 4.78 is 5.35. The van der Waals surface area contributed by atoms with Crippen LogP contribution in [0.25, 0.3) is 0 Å². The van der Waals surface area contributed by atoms with Crippen molar-refractivity contribution in [2.24, 2.45) is 4.99 Å². The van der Waals surface area contributed by atoms with E-state index in [9.17, 15) is 4.79 Å². The molecule has 0 saturated heterocycles. The lowest BCUT2D eigenvalue weighted by molar-refractivity contribution is 0.0490. The molecule has 0 radical (unpaired) electrons. The van der Waals surface area contributed by atoms with Gasteiger partial charge in [0.05, 0.1) is 0 Å². The molecule has 0 spiro atoms. The summed E-state index contributed by atoms with van der Waals surface area (Å²) in [5.41, 5.74) is 0.888. The van der Waals surface area contributed by atoms with Crippen LogP contribution in [-0.2, 0) is 4.74 Å². The molecule has 1 heterocycles. The number of carbonyl (C=O) groups excluding carboxylic acids is 1. The minimum atomic E-state index is -0.458. The van der Waals surface area contributed by atoms with E-state index in [1.54, 1.807) is 11.3 Å². The van der Waals surface area contributed by atoms with E-state index in [-0.39, 0.29) is 12.1 Å². The summed E-state index contributed by atoms with van der Waals surface area (Å²) >= 11 is 1.73. The van der Waals surface area contributed by atoms with Gasteiger partial charge in [-0.1, -0.05) is 6.92 Å². The Morgan fingerprint density at radius 2 is 1.89 bits per heavy atom. The van der Waals surface area contributed by atoms with Crippen molar-refractivity contribution in [2.75, 3.05) is 13.1 Å². The number of thiophene rings is 1. The first-order chi connectivity index (χ1) is 13.3. The Kier molecular flexibility index (Phi) is 8.60. The number of alkyl carbamates (subject to hydrolysis) is 1. The molecule has 1 aliphatic rings. The summed E-state index contributed by atoms with van der Waals surface area (Å²) in [6.45, 7) is 11.6. The fourth-order valence-electron chi connectivity index (χ4n) is 3.26. The number of hydrogen-bond donors (Lipinski definition) is 3. The molecule has 1 saturated carbocycles. The van der Waals surface area contributed by atoms with Gasteiger partial charge in [0.1, 0.15) is 5.60 Å². The molecule has 1 atom stereocenters. The maximum absolute atomic E-state index is 11.9. The summed E-state index contributed by atoms with van der Waals surface area (Å²) in [5.74, 6) is 1.30. The van der Waals surface area contributed by atoms with Crippen molar-refractivity contribution in [1.82, 2.24) is 16.0 Å². The van der Waals surface area contributed by atoms with Crippen LogP contribution in [0.5, 0.6) is 0 Å². The first kappa shape index (κ1) is 22.5. The van der Waals surface area contributed by atoms with Gasteiger partial charge in [-0.15, -0.1) is 0 Å². The van der Waals surface area contributed by atoms with Gasteiger partial charge in [-0.25, -0.2) is 4.79 Å². The topological polar surface area (TPSA) is 74.8 Å². The fourth-order valence-corrected chi connectivity index (χ4v) is 4.04. The molecule has 7 heteroatoms. The molecule has 2 rings (SSSR count). The molecule has 6 nitrogen and oxygen atoms in total. The summed E-state index contributed by atoms with van der Waals surface area (Å²) in [6.07, 6.45) is 3.58. The summed E-state index contributed by atoms with van der Waals surface area (Å²) in [7, 11) is 0. The third-order valence-corrected chi connectivity index (χ3v) is 5.47. The van der Waals surface area contributed by atoms with Gasteiger partial charge in [0.15, 0.2) is 5.96 Å². The van der Waals surface area contributed by atoms with Gasteiger partial charge in [0.25, 0.3) is 0 Å². The second kappa shape index (κ2) is 10.7. The van der Waals surface area contributed by atoms with Crippen LogP contribution in [0, 0.1) is 0 Å². The lowest BCUT2D eigenvalue weighted by Gasteiger charge is -2.31. The highest BCUT2D eigenvalue weighted by atomic mass is 32.1. The molecule has 0 aromatic carbocycles. The lowest BCUT2D eigenvalue weighted by Crippen LogP contribution is -2.48. The van der Waals surface area contributed by atoms with Crippen LogP contribution in [0.3, 0.4) is 0 Å². The highest BCUT2D eigenvalue weighted by Gasteiger charge is 2.25. The van der Waals surface area contributed by atoms with Crippen molar-refractivity contribution in [3.05, 3.63) is 22.4 Å². The molecular formula is C21H36N4O2S. The molecule has 1 amide bonds.